The summed E-state index contributed by atoms with van der Waals surface area (Å²) >= 11 is 0. The molecule has 2 aliphatic rings. The Morgan fingerprint density at radius 3 is 2.68 bits per heavy atom. The Balaban J connectivity index is 0.00000225. The molecule has 11 heteroatoms. The summed E-state index contributed by atoms with van der Waals surface area (Å²) in [6, 6.07) is 2.78. The Morgan fingerprint density at radius 1 is 1.29 bits per heavy atom. The van der Waals surface area contributed by atoms with Crippen molar-refractivity contribution in [3.8, 4) is 0 Å². The fourth-order valence-corrected chi connectivity index (χ4v) is 4.30. The topological polar surface area (TPSA) is 90.5 Å². The van der Waals surface area contributed by atoms with Crippen molar-refractivity contribution in [1.82, 2.24) is 14.1 Å². The van der Waals surface area contributed by atoms with Gasteiger partial charge in [-0.25, -0.2) is 17.2 Å². The number of nitrogens with zero attached hydrogens (tertiary/aromatic N) is 3. The van der Waals surface area contributed by atoms with Gasteiger partial charge in [-0.1, -0.05) is 0 Å². The van der Waals surface area contributed by atoms with Crippen LogP contribution in [-0.2, 0) is 27.8 Å². The Hall–Kier alpha value is -1.59. The number of benzene rings is 1. The Kier molecular flexibility index (Phi) is 5.79. The molecule has 4 rings (SSSR count). The van der Waals surface area contributed by atoms with E-state index in [0.29, 0.717) is 31.8 Å². The number of ether oxygens (including phenoxy) is 1. The molecular weight excluding hydrogens is 414 g/mol. The molecule has 0 amide bonds. The van der Waals surface area contributed by atoms with Gasteiger partial charge in [-0.05, 0) is 24.6 Å². The highest BCUT2D eigenvalue weighted by molar-refractivity contribution is 7.89. The second kappa shape index (κ2) is 7.68. The highest BCUT2D eigenvalue weighted by atomic mass is 35.5. The van der Waals surface area contributed by atoms with Gasteiger partial charge >= 0.3 is 0 Å². The lowest BCUT2D eigenvalue weighted by Crippen LogP contribution is -2.47. The zero-order chi connectivity index (χ0) is 19.3. The first kappa shape index (κ1) is 21.1. The number of nitrogens with two attached hydrogens (primary N) is 1. The first-order valence-corrected chi connectivity index (χ1v) is 10.4. The van der Waals surface area contributed by atoms with Crippen molar-refractivity contribution >= 4 is 22.4 Å². The van der Waals surface area contributed by atoms with Crippen molar-refractivity contribution in [2.45, 2.75) is 37.7 Å². The van der Waals surface area contributed by atoms with E-state index in [-0.39, 0.29) is 24.0 Å². The van der Waals surface area contributed by atoms with Crippen molar-refractivity contribution < 1.29 is 21.9 Å². The molecule has 1 aromatic heterocycles. The minimum atomic E-state index is -3.40. The van der Waals surface area contributed by atoms with E-state index in [4.69, 9.17) is 10.5 Å². The maximum atomic E-state index is 14.0. The molecule has 0 aliphatic carbocycles. The molecule has 2 aromatic rings. The third-order valence-electron chi connectivity index (χ3n) is 5.10. The average Bonchev–Trinajstić information content (AvgIpc) is 3.16. The van der Waals surface area contributed by atoms with E-state index in [1.54, 1.807) is 0 Å². The normalized spacial score (nSPS) is 25.4. The zero-order valence-electron chi connectivity index (χ0n) is 15.1. The average molecular weight is 435 g/mol. The fraction of sp³-hybridized carbons (Fsp3) is 0.471. The third-order valence-corrected chi connectivity index (χ3v) is 5.97. The molecule has 2 aliphatic heterocycles. The van der Waals surface area contributed by atoms with Crippen LogP contribution in [-0.4, -0.2) is 47.4 Å². The first-order chi connectivity index (χ1) is 12.7. The van der Waals surface area contributed by atoms with Gasteiger partial charge in [-0.2, -0.15) is 9.19 Å². The van der Waals surface area contributed by atoms with E-state index in [0.717, 1.165) is 34.1 Å². The van der Waals surface area contributed by atoms with Crippen LogP contribution in [0.4, 0.5) is 8.78 Å². The third kappa shape index (κ3) is 3.92. The summed E-state index contributed by atoms with van der Waals surface area (Å²) in [5.41, 5.74) is 7.91. The van der Waals surface area contributed by atoms with Crippen molar-refractivity contribution in [2.75, 3.05) is 12.9 Å². The molecule has 1 fully saturated rings. The highest BCUT2D eigenvalue weighted by Crippen LogP contribution is 2.34. The van der Waals surface area contributed by atoms with Gasteiger partial charge < -0.3 is 10.5 Å². The maximum Gasteiger partial charge on any atom is 0.250 e. The predicted octanol–water partition coefficient (Wildman–Crippen LogP) is 1.56. The standard InChI is InChI=1S/C17H20F2N4O3S.ClH/c1-27(24,25)23-7-10-6-22(8-16(10)21-23)12-5-15(20)17(26-9-12)13-4-11(18)2-3-14(13)19;/h2-4,7,12,15,17H,5-6,8-9,20H2,1H3;1H/t12-,15+,17-;/m0./s1. The van der Waals surface area contributed by atoms with E-state index >= 15 is 0 Å². The Labute approximate surface area is 167 Å². The molecule has 7 nitrogen and oxygen atoms in total. The van der Waals surface area contributed by atoms with Crippen LogP contribution in [0.5, 0.6) is 0 Å². The summed E-state index contributed by atoms with van der Waals surface area (Å²) in [5.74, 6) is -1.07. The quantitative estimate of drug-likeness (QED) is 0.788. The van der Waals surface area contributed by atoms with Gasteiger partial charge in [0.1, 0.15) is 17.7 Å². The van der Waals surface area contributed by atoms with E-state index in [9.17, 15) is 17.2 Å². The lowest BCUT2D eigenvalue weighted by atomic mass is 9.93. The van der Waals surface area contributed by atoms with Crippen LogP contribution < -0.4 is 5.73 Å². The molecule has 2 N–H and O–H groups in total. The Bertz CT molecular complexity index is 961. The second-order valence-electron chi connectivity index (χ2n) is 7.11. The van der Waals surface area contributed by atoms with Gasteiger partial charge in [0.2, 0.25) is 0 Å². The van der Waals surface area contributed by atoms with Crippen LogP contribution >= 0.6 is 12.4 Å². The summed E-state index contributed by atoms with van der Waals surface area (Å²) in [7, 11) is -3.40. The van der Waals surface area contributed by atoms with Crippen molar-refractivity contribution in [1.29, 1.82) is 0 Å². The summed E-state index contributed by atoms with van der Waals surface area (Å²) < 4.78 is 57.4. The lowest BCUT2D eigenvalue weighted by Gasteiger charge is -2.38. The fourth-order valence-electron chi connectivity index (χ4n) is 3.73. The molecule has 28 heavy (non-hydrogen) atoms. The van der Waals surface area contributed by atoms with Gasteiger partial charge in [-0.15, -0.1) is 12.4 Å². The summed E-state index contributed by atoms with van der Waals surface area (Å²) in [5, 5.41) is 4.13. The first-order valence-electron chi connectivity index (χ1n) is 8.56. The highest BCUT2D eigenvalue weighted by Gasteiger charge is 2.37. The molecule has 0 spiro atoms. The van der Waals surface area contributed by atoms with Gasteiger partial charge in [0.15, 0.2) is 0 Å². The van der Waals surface area contributed by atoms with E-state index in [2.05, 4.69) is 10.00 Å². The monoisotopic (exact) mass is 434 g/mol. The summed E-state index contributed by atoms with van der Waals surface area (Å²) in [6.07, 6.45) is 2.49. The molecular formula is C17H21ClF2N4O3S. The molecule has 1 aromatic carbocycles. The number of rotatable bonds is 3. The van der Waals surface area contributed by atoms with Crippen LogP contribution in [0.1, 0.15) is 29.3 Å². The van der Waals surface area contributed by atoms with Crippen molar-refractivity contribution in [3.63, 3.8) is 0 Å². The molecule has 0 bridgehead atoms. The predicted molar refractivity (Wildman–Crippen MR) is 100 cm³/mol. The maximum absolute atomic E-state index is 14.0. The van der Waals surface area contributed by atoms with Crippen LogP contribution in [0.15, 0.2) is 24.4 Å². The van der Waals surface area contributed by atoms with E-state index < -0.39 is 33.8 Å². The number of aromatic nitrogens is 2. The van der Waals surface area contributed by atoms with Crippen molar-refractivity contribution in [2.24, 2.45) is 5.73 Å². The molecule has 0 saturated carbocycles. The lowest BCUT2D eigenvalue weighted by molar-refractivity contribution is -0.0533. The van der Waals surface area contributed by atoms with Gasteiger partial charge in [0.25, 0.3) is 10.0 Å². The van der Waals surface area contributed by atoms with E-state index in [1.807, 2.05) is 0 Å². The molecule has 3 heterocycles. The van der Waals surface area contributed by atoms with Crippen LogP contribution in [0.2, 0.25) is 0 Å². The minimum Gasteiger partial charge on any atom is -0.370 e. The second-order valence-corrected chi connectivity index (χ2v) is 8.95. The zero-order valence-corrected chi connectivity index (χ0v) is 16.7. The smallest absolute Gasteiger partial charge is 0.250 e. The van der Waals surface area contributed by atoms with Crippen LogP contribution in [0.25, 0.3) is 0 Å². The van der Waals surface area contributed by atoms with Crippen molar-refractivity contribution in [3.05, 3.63) is 52.9 Å². The molecule has 3 atom stereocenters. The summed E-state index contributed by atoms with van der Waals surface area (Å²) in [4.78, 5) is 2.11. The van der Waals surface area contributed by atoms with Crippen LogP contribution in [0.3, 0.4) is 0 Å². The largest absolute Gasteiger partial charge is 0.370 e. The number of hydrogen-bond acceptors (Lipinski definition) is 6. The van der Waals surface area contributed by atoms with E-state index in [1.165, 1.54) is 6.20 Å². The number of halogens is 3. The van der Waals surface area contributed by atoms with Crippen LogP contribution in [0, 0.1) is 11.6 Å². The Morgan fingerprint density at radius 2 is 2.04 bits per heavy atom. The molecule has 0 radical (unpaired) electrons. The minimum absolute atomic E-state index is 0. The molecule has 0 unspecified atom stereocenters. The number of fused-ring (bicyclic) bond motifs is 1. The van der Waals surface area contributed by atoms with Gasteiger partial charge in [-0.3, -0.25) is 4.90 Å². The van der Waals surface area contributed by atoms with Gasteiger partial charge in [0, 0.05) is 42.5 Å². The SMILES string of the molecule is CS(=O)(=O)n1cc2c(n1)CN([C@@H]1CO[C@@H](c3cc(F)ccc3F)[C@H](N)C1)C2.Cl. The number of hydrogen-bond donors (Lipinski definition) is 1. The molecule has 154 valence electrons. The van der Waals surface area contributed by atoms with Gasteiger partial charge in [0.05, 0.1) is 18.6 Å². The summed E-state index contributed by atoms with van der Waals surface area (Å²) in [6.45, 7) is 1.37. The molecule has 1 saturated heterocycles.